The molecule has 0 saturated carbocycles. The molecule has 0 aliphatic heterocycles. The average molecular weight is 304 g/mol. The van der Waals surface area contributed by atoms with Crippen LogP contribution < -0.4 is 4.74 Å². The van der Waals surface area contributed by atoms with Crippen molar-refractivity contribution in [3.05, 3.63) is 59.6 Å². The van der Waals surface area contributed by atoms with Gasteiger partial charge in [-0.25, -0.2) is 4.79 Å². The molecule has 0 unspecified atom stereocenters. The first-order valence-electron chi connectivity index (χ1n) is 6.37. The molecule has 110 valence electrons. The second-order valence-electron chi connectivity index (χ2n) is 4.31. The molecule has 5 heteroatoms. The second-order valence-corrected chi connectivity index (χ2v) is 5.29. The van der Waals surface area contributed by atoms with Crippen LogP contribution in [0.3, 0.4) is 0 Å². The van der Waals surface area contributed by atoms with E-state index in [0.29, 0.717) is 0 Å². The molecule has 2 rings (SSSR count). The van der Waals surface area contributed by atoms with Crippen molar-refractivity contribution in [3.8, 4) is 5.75 Å². The Labute approximate surface area is 127 Å². The number of carboxylic acids is 1. The highest BCUT2D eigenvalue weighted by Crippen LogP contribution is 2.25. The topological polar surface area (TPSA) is 59.7 Å². The number of methoxy groups -OCH3 is 1. The minimum Gasteiger partial charge on any atom is -0.497 e. The highest BCUT2D eigenvalue weighted by molar-refractivity contribution is 7.97. The molecule has 0 radical (unpaired) electrons. The molecule has 4 nitrogen and oxygen atoms in total. The van der Waals surface area contributed by atoms with E-state index in [9.17, 15) is 4.79 Å². The average Bonchev–Trinajstić information content (AvgIpc) is 2.99. The molecule has 0 bridgehead atoms. The quantitative estimate of drug-likeness (QED) is 0.788. The summed E-state index contributed by atoms with van der Waals surface area (Å²) in [5, 5.41) is 8.74. The summed E-state index contributed by atoms with van der Waals surface area (Å²) in [5.41, 5.74) is 1.91. The third kappa shape index (κ3) is 4.72. The van der Waals surface area contributed by atoms with E-state index in [1.54, 1.807) is 31.2 Å². The molecule has 2 aromatic rings. The van der Waals surface area contributed by atoms with Crippen LogP contribution in [0.1, 0.15) is 16.9 Å². The summed E-state index contributed by atoms with van der Waals surface area (Å²) in [7, 11) is 1.61. The molecule has 1 heterocycles. The normalized spacial score (nSPS) is 10.9. The van der Waals surface area contributed by atoms with Gasteiger partial charge in [-0.2, -0.15) is 0 Å². The Balaban J connectivity index is 2.08. The second kappa shape index (κ2) is 7.59. The summed E-state index contributed by atoms with van der Waals surface area (Å²) in [6, 6.07) is 9.41. The monoisotopic (exact) mass is 304 g/mol. The van der Waals surface area contributed by atoms with Crippen LogP contribution in [-0.4, -0.2) is 18.2 Å². The van der Waals surface area contributed by atoms with Crippen molar-refractivity contribution in [2.45, 2.75) is 11.5 Å². The first-order chi connectivity index (χ1) is 10.2. The first-order valence-corrected chi connectivity index (χ1v) is 7.52. The van der Waals surface area contributed by atoms with Crippen molar-refractivity contribution < 1.29 is 19.1 Å². The molecule has 1 N–H and O–H groups in total. The van der Waals surface area contributed by atoms with E-state index in [1.807, 2.05) is 30.3 Å². The first kappa shape index (κ1) is 15.3. The lowest BCUT2D eigenvalue weighted by Gasteiger charge is -2.08. The minimum absolute atomic E-state index is 0.747. The van der Waals surface area contributed by atoms with Gasteiger partial charge in [-0.05, 0) is 41.5 Å². The number of carboxylic acid groups (broad SMARTS) is 1. The lowest BCUT2D eigenvalue weighted by atomic mass is 10.1. The number of benzene rings is 1. The Morgan fingerprint density at radius 2 is 2.24 bits per heavy atom. The van der Waals surface area contributed by atoms with E-state index in [0.717, 1.165) is 40.2 Å². The molecule has 0 fully saturated rings. The Morgan fingerprint density at radius 3 is 2.90 bits per heavy atom. The highest BCUT2D eigenvalue weighted by atomic mass is 32.2. The van der Waals surface area contributed by atoms with Crippen molar-refractivity contribution in [2.75, 3.05) is 7.11 Å². The van der Waals surface area contributed by atoms with Crippen molar-refractivity contribution in [1.82, 2.24) is 0 Å². The van der Waals surface area contributed by atoms with Gasteiger partial charge in [-0.3, -0.25) is 0 Å². The molecule has 0 aliphatic carbocycles. The highest BCUT2D eigenvalue weighted by Gasteiger charge is 2.04. The van der Waals surface area contributed by atoms with Crippen LogP contribution in [0, 0.1) is 0 Å². The lowest BCUT2D eigenvalue weighted by molar-refractivity contribution is -0.131. The van der Waals surface area contributed by atoms with Gasteiger partial charge in [0.1, 0.15) is 11.5 Å². The van der Waals surface area contributed by atoms with Crippen LogP contribution in [0.5, 0.6) is 5.75 Å². The zero-order chi connectivity index (χ0) is 15.1. The number of hydrogen-bond acceptors (Lipinski definition) is 4. The third-order valence-electron chi connectivity index (χ3n) is 2.84. The van der Waals surface area contributed by atoms with Gasteiger partial charge in [0.15, 0.2) is 0 Å². The van der Waals surface area contributed by atoms with E-state index in [-0.39, 0.29) is 0 Å². The predicted octanol–water partition coefficient (Wildman–Crippen LogP) is 3.82. The number of carbonyl (C=O) groups is 1. The lowest BCUT2D eigenvalue weighted by Crippen LogP contribution is -1.92. The van der Waals surface area contributed by atoms with Gasteiger partial charge in [0.05, 0.1) is 19.1 Å². The molecular formula is C16H16O4S. The zero-order valence-corrected chi connectivity index (χ0v) is 12.4. The number of ether oxygens (including phenoxy) is 1. The summed E-state index contributed by atoms with van der Waals surface area (Å²) in [5.74, 6) is 2.24. The summed E-state index contributed by atoms with van der Waals surface area (Å²) >= 11 is 1.70. The number of aliphatic carboxylic acids is 1. The Morgan fingerprint density at radius 1 is 1.38 bits per heavy atom. The molecule has 1 aromatic heterocycles. The molecular weight excluding hydrogens is 288 g/mol. The summed E-state index contributed by atoms with van der Waals surface area (Å²) in [4.78, 5) is 10.6. The Kier molecular flexibility index (Phi) is 5.51. The van der Waals surface area contributed by atoms with E-state index >= 15 is 0 Å². The fourth-order valence-electron chi connectivity index (χ4n) is 1.81. The third-order valence-corrected chi connectivity index (χ3v) is 3.84. The number of furan rings is 1. The smallest absolute Gasteiger partial charge is 0.328 e. The van der Waals surface area contributed by atoms with Gasteiger partial charge >= 0.3 is 5.97 Å². The fraction of sp³-hybridized carbons (Fsp3) is 0.188. The molecule has 21 heavy (non-hydrogen) atoms. The van der Waals surface area contributed by atoms with E-state index in [1.165, 1.54) is 0 Å². The van der Waals surface area contributed by atoms with E-state index < -0.39 is 5.97 Å². The van der Waals surface area contributed by atoms with E-state index in [4.69, 9.17) is 14.3 Å². The minimum atomic E-state index is -0.958. The molecule has 0 spiro atoms. The summed E-state index contributed by atoms with van der Waals surface area (Å²) in [6.07, 6.45) is 4.40. The van der Waals surface area contributed by atoms with Crippen molar-refractivity contribution >= 4 is 23.8 Å². The number of rotatable bonds is 7. The number of thioether (sulfide) groups is 1. The van der Waals surface area contributed by atoms with Crippen LogP contribution in [0.4, 0.5) is 0 Å². The van der Waals surface area contributed by atoms with E-state index in [2.05, 4.69) is 0 Å². The zero-order valence-electron chi connectivity index (χ0n) is 11.6. The molecule has 0 saturated heterocycles. The van der Waals surface area contributed by atoms with Gasteiger partial charge in [-0.1, -0.05) is 6.07 Å². The maximum absolute atomic E-state index is 10.6. The predicted molar refractivity (Wildman–Crippen MR) is 83.4 cm³/mol. The molecule has 0 aliphatic rings. The summed E-state index contributed by atoms with van der Waals surface area (Å²) in [6.45, 7) is 0. The standard InChI is InChI=1S/C16H16O4S/c1-19-14-6-4-12(5-7-16(17)18)13(9-14)10-21-11-15-3-2-8-20-15/h2-9H,10-11H2,1H3,(H,17,18). The Bertz CT molecular complexity index is 617. The molecule has 1 aromatic carbocycles. The van der Waals surface area contributed by atoms with Crippen LogP contribution >= 0.6 is 11.8 Å². The van der Waals surface area contributed by atoms with Crippen LogP contribution in [0.15, 0.2) is 47.1 Å². The summed E-state index contributed by atoms with van der Waals surface area (Å²) < 4.78 is 10.5. The van der Waals surface area contributed by atoms with Crippen molar-refractivity contribution in [3.63, 3.8) is 0 Å². The SMILES string of the molecule is COc1ccc(C=CC(=O)O)c(CSCc2ccco2)c1. The van der Waals surface area contributed by atoms with Crippen molar-refractivity contribution in [2.24, 2.45) is 0 Å². The fourth-order valence-corrected chi connectivity index (χ4v) is 2.75. The largest absolute Gasteiger partial charge is 0.497 e. The van der Waals surface area contributed by atoms with Crippen LogP contribution in [0.2, 0.25) is 0 Å². The van der Waals surface area contributed by atoms with Crippen LogP contribution in [-0.2, 0) is 16.3 Å². The van der Waals surface area contributed by atoms with Gasteiger partial charge < -0.3 is 14.3 Å². The van der Waals surface area contributed by atoms with Gasteiger partial charge in [-0.15, -0.1) is 11.8 Å². The van der Waals surface area contributed by atoms with Gasteiger partial charge in [0, 0.05) is 11.8 Å². The van der Waals surface area contributed by atoms with Gasteiger partial charge in [0.2, 0.25) is 0 Å². The number of hydrogen-bond donors (Lipinski definition) is 1. The maximum Gasteiger partial charge on any atom is 0.328 e. The maximum atomic E-state index is 10.6. The Hall–Kier alpha value is -2.14. The molecule has 0 atom stereocenters. The molecule has 0 amide bonds. The van der Waals surface area contributed by atoms with Gasteiger partial charge in [0.25, 0.3) is 0 Å². The van der Waals surface area contributed by atoms with Crippen LogP contribution in [0.25, 0.3) is 6.08 Å². The van der Waals surface area contributed by atoms with Crippen molar-refractivity contribution in [1.29, 1.82) is 0 Å².